The Morgan fingerprint density at radius 2 is 1.92 bits per heavy atom. The van der Waals surface area contributed by atoms with Gasteiger partial charge in [0.15, 0.2) is 0 Å². The number of H-pyrrole nitrogens is 1. The number of anilines is 1. The zero-order chi connectivity index (χ0) is 25.1. The maximum Gasteiger partial charge on any atom is 0.241 e. The predicted octanol–water partition coefficient (Wildman–Crippen LogP) is 0.629. The lowest BCUT2D eigenvalue weighted by atomic mass is 10.1. The Bertz CT molecular complexity index is 1190. The third-order valence-electron chi connectivity index (χ3n) is 6.56. The fraction of sp³-hybridized carbons (Fsp3) is 0.385. The number of hydrogen-bond donors (Lipinski definition) is 1. The number of piperazine rings is 1. The van der Waals surface area contributed by atoms with E-state index in [4.69, 9.17) is 37.4 Å². The van der Waals surface area contributed by atoms with E-state index in [1.54, 1.807) is 19.1 Å². The van der Waals surface area contributed by atoms with Crippen LogP contribution in [0, 0.1) is 0 Å². The Balaban J connectivity index is 0.00000320. The van der Waals surface area contributed by atoms with E-state index in [9.17, 15) is 4.79 Å². The van der Waals surface area contributed by atoms with E-state index < -0.39 is 5.79 Å². The number of carbonyl (C=O) groups excluding carboxylic acids is 1. The van der Waals surface area contributed by atoms with Crippen molar-refractivity contribution in [2.75, 3.05) is 44.3 Å². The molecule has 0 aliphatic carbocycles. The molecule has 3 aromatic rings. The molecule has 8 nitrogen and oxygen atoms in total. The van der Waals surface area contributed by atoms with Crippen molar-refractivity contribution >= 4 is 34.8 Å². The molecule has 0 radical (unpaired) electrons. The van der Waals surface area contributed by atoms with E-state index in [2.05, 4.69) is 9.88 Å². The van der Waals surface area contributed by atoms with Gasteiger partial charge in [0.25, 0.3) is 0 Å². The molecule has 2 aliphatic rings. The van der Waals surface area contributed by atoms with Crippen LogP contribution >= 0.6 is 23.2 Å². The highest BCUT2D eigenvalue weighted by atomic mass is 79.9. The minimum absolute atomic E-state index is 0. The largest absolute Gasteiger partial charge is 1.00 e. The molecule has 11 heteroatoms. The number of halogens is 3. The summed E-state index contributed by atoms with van der Waals surface area (Å²) in [6, 6.07) is 13.3. The van der Waals surface area contributed by atoms with Crippen LogP contribution in [0.25, 0.3) is 0 Å². The monoisotopic (exact) mass is 610 g/mol. The molecule has 0 saturated carbocycles. The fourth-order valence-electron chi connectivity index (χ4n) is 4.64. The summed E-state index contributed by atoms with van der Waals surface area (Å²) in [5, 5.41) is 1.04. The van der Waals surface area contributed by atoms with Crippen LogP contribution in [0.2, 0.25) is 10.0 Å². The highest BCUT2D eigenvalue weighted by Crippen LogP contribution is 2.39. The molecule has 198 valence electrons. The van der Waals surface area contributed by atoms with E-state index in [1.165, 1.54) is 0 Å². The van der Waals surface area contributed by atoms with Crippen molar-refractivity contribution in [3.05, 3.63) is 76.8 Å². The standard InChI is InChI=1S/C26H28Cl2N4O4.BrH/c1-19(33)31-10-12-32(13-11-31)21-3-5-22(6-4-21)34-15-23-16-35-26(36-23,17-30-9-8-29-18-30)24-7-2-20(27)14-25(24)28;/h2-9,14,18,23H,10-13,15-17H2,1H3;1H/t23-,26-;/m0./s1. The van der Waals surface area contributed by atoms with Crippen LogP contribution in [-0.2, 0) is 26.6 Å². The highest BCUT2D eigenvalue weighted by molar-refractivity contribution is 6.35. The Labute approximate surface area is 236 Å². The van der Waals surface area contributed by atoms with Crippen LogP contribution in [0.4, 0.5) is 5.69 Å². The van der Waals surface area contributed by atoms with Crippen LogP contribution in [0.5, 0.6) is 5.75 Å². The topological polar surface area (TPSA) is 70.9 Å². The van der Waals surface area contributed by atoms with Gasteiger partial charge in [-0.1, -0.05) is 29.3 Å². The second kappa shape index (κ2) is 12.0. The summed E-state index contributed by atoms with van der Waals surface area (Å²) in [5.41, 5.74) is 1.84. The number of aromatic amines is 1. The van der Waals surface area contributed by atoms with Gasteiger partial charge in [-0.3, -0.25) is 9.78 Å². The molecule has 1 N–H and O–H groups in total. The van der Waals surface area contributed by atoms with Gasteiger partial charge in [0.2, 0.25) is 18.0 Å². The lowest BCUT2D eigenvalue weighted by Crippen LogP contribution is -3.00. The fourth-order valence-corrected chi connectivity index (χ4v) is 5.19. The first-order chi connectivity index (χ1) is 17.4. The van der Waals surface area contributed by atoms with Crippen LogP contribution in [0.15, 0.2) is 61.2 Å². The molecule has 5 rings (SSSR count). The molecule has 1 amide bonds. The summed E-state index contributed by atoms with van der Waals surface area (Å²) in [5.74, 6) is -0.175. The first-order valence-electron chi connectivity index (χ1n) is 11.9. The normalized spacial score (nSPS) is 21.5. The summed E-state index contributed by atoms with van der Waals surface area (Å²) in [4.78, 5) is 18.8. The molecule has 0 unspecified atom stereocenters. The molecular weight excluding hydrogens is 583 g/mol. The first kappa shape index (κ1) is 27.7. The Morgan fingerprint density at radius 3 is 2.57 bits per heavy atom. The van der Waals surface area contributed by atoms with E-state index in [1.807, 2.05) is 58.5 Å². The van der Waals surface area contributed by atoms with Crippen LogP contribution in [0.1, 0.15) is 12.5 Å². The number of aromatic nitrogens is 2. The minimum Gasteiger partial charge on any atom is -1.00 e. The number of nitrogens with one attached hydrogen (secondary N) is 1. The predicted molar refractivity (Wildman–Crippen MR) is 136 cm³/mol. The average Bonchev–Trinajstić information content (AvgIpc) is 3.54. The Morgan fingerprint density at radius 1 is 1.16 bits per heavy atom. The SMILES string of the molecule is CC(=O)N1CCN(c2ccc(OC[C@H]3CO[C@](C[n+]4cc[nH]c4)(c4ccc(Cl)cc4Cl)O3)cc2)CC1.[Br-]. The molecule has 2 aromatic carbocycles. The molecule has 2 aliphatic heterocycles. The minimum atomic E-state index is -1.06. The van der Waals surface area contributed by atoms with Gasteiger partial charge in [-0.05, 0) is 36.4 Å². The van der Waals surface area contributed by atoms with Crippen molar-refractivity contribution in [1.82, 2.24) is 9.88 Å². The molecule has 3 heterocycles. The lowest BCUT2D eigenvalue weighted by Gasteiger charge is -2.35. The summed E-state index contributed by atoms with van der Waals surface area (Å²) in [6.07, 6.45) is 5.29. The lowest BCUT2D eigenvalue weighted by molar-refractivity contribution is -0.719. The molecule has 1 aromatic heterocycles. The van der Waals surface area contributed by atoms with Gasteiger partial charge in [0.1, 0.15) is 37.4 Å². The molecular formula is C26H29BrCl2N4O4. The number of benzene rings is 2. The molecule has 2 fully saturated rings. The highest BCUT2D eigenvalue weighted by Gasteiger charge is 2.47. The smallest absolute Gasteiger partial charge is 0.241 e. The maximum absolute atomic E-state index is 11.6. The summed E-state index contributed by atoms with van der Waals surface area (Å²) in [7, 11) is 0. The maximum atomic E-state index is 11.6. The Kier molecular flexibility index (Phi) is 9.03. The zero-order valence-electron chi connectivity index (χ0n) is 20.4. The third-order valence-corrected chi connectivity index (χ3v) is 7.10. The Hall–Kier alpha value is -2.30. The van der Waals surface area contributed by atoms with Crippen LogP contribution in [0.3, 0.4) is 0 Å². The molecule has 2 saturated heterocycles. The number of imidazole rings is 1. The van der Waals surface area contributed by atoms with Crippen molar-refractivity contribution in [1.29, 1.82) is 0 Å². The molecule has 0 spiro atoms. The number of hydrogen-bond acceptors (Lipinski definition) is 5. The van der Waals surface area contributed by atoms with Gasteiger partial charge in [-0.25, -0.2) is 4.57 Å². The van der Waals surface area contributed by atoms with Gasteiger partial charge < -0.3 is 41.0 Å². The molecule has 0 bridgehead atoms. The zero-order valence-corrected chi connectivity index (χ0v) is 23.5. The van der Waals surface area contributed by atoms with Gasteiger partial charge in [0.05, 0.1) is 11.6 Å². The first-order valence-corrected chi connectivity index (χ1v) is 12.7. The van der Waals surface area contributed by atoms with Crippen molar-refractivity contribution < 1.29 is 40.6 Å². The van der Waals surface area contributed by atoms with Crippen LogP contribution < -0.4 is 31.2 Å². The van der Waals surface area contributed by atoms with Gasteiger partial charge in [0, 0.05) is 49.4 Å². The van der Waals surface area contributed by atoms with Crippen LogP contribution in [-0.4, -0.2) is 61.3 Å². The van der Waals surface area contributed by atoms with Gasteiger partial charge in [-0.15, -0.1) is 0 Å². The summed E-state index contributed by atoms with van der Waals surface area (Å²) in [6.45, 7) is 5.86. The van der Waals surface area contributed by atoms with Crippen molar-refractivity contribution in [2.45, 2.75) is 25.4 Å². The van der Waals surface area contributed by atoms with Gasteiger partial charge >= 0.3 is 0 Å². The second-order valence-electron chi connectivity index (χ2n) is 9.01. The van der Waals surface area contributed by atoms with Crippen molar-refractivity contribution in [2.24, 2.45) is 0 Å². The quantitative estimate of drug-likeness (QED) is 0.397. The average molecular weight is 612 g/mol. The second-order valence-corrected chi connectivity index (χ2v) is 9.85. The summed E-state index contributed by atoms with van der Waals surface area (Å²) < 4.78 is 20.7. The van der Waals surface area contributed by atoms with E-state index in [0.717, 1.165) is 43.2 Å². The van der Waals surface area contributed by atoms with Gasteiger partial charge in [-0.2, -0.15) is 0 Å². The molecule has 37 heavy (non-hydrogen) atoms. The number of carbonyl (C=O) groups is 1. The number of ether oxygens (including phenoxy) is 3. The summed E-state index contributed by atoms with van der Waals surface area (Å²) >= 11 is 12.7. The number of nitrogens with zero attached hydrogens (tertiary/aromatic N) is 3. The van der Waals surface area contributed by atoms with Crippen molar-refractivity contribution in [3.63, 3.8) is 0 Å². The number of rotatable bonds is 7. The van der Waals surface area contributed by atoms with Crippen molar-refractivity contribution in [3.8, 4) is 5.75 Å². The molecule has 2 atom stereocenters. The van der Waals surface area contributed by atoms with E-state index in [-0.39, 0.29) is 29.0 Å². The van der Waals surface area contributed by atoms with E-state index in [0.29, 0.717) is 29.8 Å². The number of amides is 1. The third kappa shape index (κ3) is 6.41. The van der Waals surface area contributed by atoms with E-state index >= 15 is 0 Å².